The molecule has 0 heterocycles. The molecular weight excluding hydrogens is 295 g/mol. The summed E-state index contributed by atoms with van der Waals surface area (Å²) in [5, 5.41) is 2.78. The van der Waals surface area contributed by atoms with Gasteiger partial charge in [-0.15, -0.1) is 5.25 Å². The quantitative estimate of drug-likeness (QED) is 0.398. The summed E-state index contributed by atoms with van der Waals surface area (Å²) in [6.07, 6.45) is 0.398. The van der Waals surface area contributed by atoms with E-state index in [1.54, 1.807) is 0 Å². The zero-order valence-corrected chi connectivity index (χ0v) is 16.6. The van der Waals surface area contributed by atoms with Crippen molar-refractivity contribution in [1.29, 1.82) is 0 Å². The van der Waals surface area contributed by atoms with Crippen molar-refractivity contribution in [3.8, 4) is 0 Å². The summed E-state index contributed by atoms with van der Waals surface area (Å²) in [7, 11) is -6.65. The van der Waals surface area contributed by atoms with E-state index >= 15 is 0 Å². The number of hydrogen-bond donors (Lipinski definition) is 1. The summed E-state index contributed by atoms with van der Waals surface area (Å²) in [6, 6.07) is 0. The van der Waals surface area contributed by atoms with Crippen LogP contribution in [0.1, 0.15) is 13.8 Å². The Morgan fingerprint density at radius 1 is 1.00 bits per heavy atom. The minimum Gasteiger partial charge on any atom is -0.358 e. The average molecular weight is 327 g/mol. The lowest BCUT2D eigenvalue weighted by Gasteiger charge is -2.32. The van der Waals surface area contributed by atoms with Gasteiger partial charge in [0, 0.05) is 0 Å². The molecule has 1 atom stereocenters. The fourth-order valence-corrected chi connectivity index (χ4v) is 7.97. The summed E-state index contributed by atoms with van der Waals surface area (Å²) in [5.41, 5.74) is 0. The first kappa shape index (κ1) is 19.5. The molecule has 0 radical (unpaired) electrons. The van der Waals surface area contributed by atoms with Crippen LogP contribution in [0, 0.1) is 0 Å². The molecule has 0 aromatic rings. The second kappa shape index (κ2) is 7.49. The summed E-state index contributed by atoms with van der Waals surface area (Å²) in [5.74, 6) is 0. The molecule has 0 amide bonds. The Hall–Kier alpha value is 0.504. The van der Waals surface area contributed by atoms with E-state index in [0.29, 0.717) is 6.29 Å². The molecule has 8 heteroatoms. The lowest BCUT2D eigenvalue weighted by atomic mass is 10.6. The lowest BCUT2D eigenvalue weighted by Crippen LogP contribution is -2.38. The SMILES string of the molecule is CCN(CC)CP(=O)(NO[Si](C)(C)C)O[Si](C)(C)C. The molecule has 0 aliphatic carbocycles. The number of nitrogens with one attached hydrogen (secondary N) is 1. The van der Waals surface area contributed by atoms with E-state index in [2.05, 4.69) is 43.6 Å². The second-order valence-electron chi connectivity index (χ2n) is 6.63. The van der Waals surface area contributed by atoms with Crippen LogP contribution in [0.2, 0.25) is 39.3 Å². The van der Waals surface area contributed by atoms with Gasteiger partial charge in [0.1, 0.15) is 0 Å². The van der Waals surface area contributed by atoms with Gasteiger partial charge in [0.05, 0.1) is 6.29 Å². The maximum absolute atomic E-state index is 13.0. The predicted molar refractivity (Wildman–Crippen MR) is 87.4 cm³/mol. The highest BCUT2D eigenvalue weighted by Gasteiger charge is 2.34. The van der Waals surface area contributed by atoms with Gasteiger partial charge in [-0.2, -0.15) is 0 Å². The summed E-state index contributed by atoms with van der Waals surface area (Å²) < 4.78 is 24.5. The Morgan fingerprint density at radius 2 is 1.47 bits per heavy atom. The molecule has 0 saturated heterocycles. The van der Waals surface area contributed by atoms with Crippen LogP contribution >= 0.6 is 7.52 Å². The fraction of sp³-hybridized carbons (Fsp3) is 1.00. The first-order valence-corrected chi connectivity index (χ1v) is 15.5. The molecule has 0 spiro atoms. The molecule has 0 aromatic carbocycles. The van der Waals surface area contributed by atoms with Crippen molar-refractivity contribution in [2.75, 3.05) is 19.4 Å². The molecule has 0 aliphatic rings. The standard InChI is InChI=1S/C11H31N2O3PSi2/c1-9-13(10-2)11-17(14,16-19(6,7)8)12-15-18(3,4)5/h9-11H2,1-8H3,(H,12,14). The van der Waals surface area contributed by atoms with Gasteiger partial charge in [0.15, 0.2) is 8.32 Å². The van der Waals surface area contributed by atoms with Gasteiger partial charge in [0.2, 0.25) is 8.32 Å². The largest absolute Gasteiger partial charge is 0.358 e. The second-order valence-corrected chi connectivity index (χ2v) is 17.8. The highest BCUT2D eigenvalue weighted by molar-refractivity contribution is 7.58. The van der Waals surface area contributed by atoms with Crippen molar-refractivity contribution in [2.45, 2.75) is 53.1 Å². The van der Waals surface area contributed by atoms with Gasteiger partial charge in [-0.25, -0.2) is 0 Å². The highest BCUT2D eigenvalue weighted by atomic mass is 31.2. The molecule has 0 aliphatic heterocycles. The van der Waals surface area contributed by atoms with Crippen LogP contribution in [0.4, 0.5) is 0 Å². The number of hydrogen-bond acceptors (Lipinski definition) is 4. The summed E-state index contributed by atoms with van der Waals surface area (Å²) >= 11 is 0. The van der Waals surface area contributed by atoms with Crippen molar-refractivity contribution in [3.05, 3.63) is 0 Å². The molecule has 0 rings (SSSR count). The zero-order chi connectivity index (χ0) is 15.3. The molecule has 0 saturated carbocycles. The summed E-state index contributed by atoms with van der Waals surface area (Å²) in [4.78, 5) is 2.10. The van der Waals surface area contributed by atoms with Crippen LogP contribution in [0.5, 0.6) is 0 Å². The van der Waals surface area contributed by atoms with Crippen molar-refractivity contribution >= 4 is 24.2 Å². The van der Waals surface area contributed by atoms with E-state index in [1.165, 1.54) is 0 Å². The topological polar surface area (TPSA) is 50.8 Å². The van der Waals surface area contributed by atoms with E-state index < -0.39 is 24.2 Å². The third kappa shape index (κ3) is 9.95. The fourth-order valence-electron chi connectivity index (χ4n) is 1.41. The molecule has 5 nitrogen and oxygen atoms in total. The third-order valence-corrected chi connectivity index (χ3v) is 7.59. The van der Waals surface area contributed by atoms with Gasteiger partial charge >= 0.3 is 0 Å². The van der Waals surface area contributed by atoms with Crippen LogP contribution in [0.3, 0.4) is 0 Å². The van der Waals surface area contributed by atoms with Crippen LogP contribution in [0.15, 0.2) is 0 Å². The monoisotopic (exact) mass is 326 g/mol. The Labute approximate surface area is 120 Å². The van der Waals surface area contributed by atoms with E-state index in [-0.39, 0.29) is 0 Å². The Kier molecular flexibility index (Phi) is 7.69. The normalized spacial score (nSPS) is 16.7. The minimum atomic E-state index is -2.98. The van der Waals surface area contributed by atoms with Crippen LogP contribution in [0.25, 0.3) is 0 Å². The molecule has 1 unspecified atom stereocenters. The maximum Gasteiger partial charge on any atom is 0.295 e. The number of rotatable bonds is 9. The number of nitrogens with zero attached hydrogens (tertiary/aromatic N) is 1. The smallest absolute Gasteiger partial charge is 0.295 e. The minimum absolute atomic E-state index is 0.398. The van der Waals surface area contributed by atoms with E-state index in [0.717, 1.165) is 13.1 Å². The van der Waals surface area contributed by atoms with Gasteiger partial charge in [0.25, 0.3) is 7.52 Å². The summed E-state index contributed by atoms with van der Waals surface area (Å²) in [6.45, 7) is 18.1. The van der Waals surface area contributed by atoms with Gasteiger partial charge in [-0.3, -0.25) is 9.46 Å². The van der Waals surface area contributed by atoms with Gasteiger partial charge in [-0.05, 0) is 52.4 Å². The maximum atomic E-state index is 13.0. The van der Waals surface area contributed by atoms with Crippen molar-refractivity contribution < 1.29 is 13.3 Å². The predicted octanol–water partition coefficient (Wildman–Crippen LogP) is 3.69. The molecule has 0 aromatic heterocycles. The van der Waals surface area contributed by atoms with Crippen molar-refractivity contribution in [1.82, 2.24) is 10.2 Å². The molecular formula is C11H31N2O3PSi2. The first-order valence-electron chi connectivity index (χ1n) is 6.88. The molecule has 19 heavy (non-hydrogen) atoms. The third-order valence-electron chi connectivity index (χ3n) is 2.19. The van der Waals surface area contributed by atoms with Crippen LogP contribution in [-0.2, 0) is 13.3 Å². The zero-order valence-electron chi connectivity index (χ0n) is 13.7. The van der Waals surface area contributed by atoms with E-state index in [9.17, 15) is 4.57 Å². The van der Waals surface area contributed by atoms with Crippen LogP contribution in [-0.4, -0.2) is 40.9 Å². The Bertz CT molecular complexity index is 312. The molecule has 0 bridgehead atoms. The molecule has 1 N–H and O–H groups in total. The van der Waals surface area contributed by atoms with E-state index in [4.69, 9.17) is 8.74 Å². The van der Waals surface area contributed by atoms with Crippen molar-refractivity contribution in [3.63, 3.8) is 0 Å². The van der Waals surface area contributed by atoms with Gasteiger partial charge in [-0.1, -0.05) is 13.8 Å². The lowest BCUT2D eigenvalue weighted by molar-refractivity contribution is 0.231. The van der Waals surface area contributed by atoms with Crippen molar-refractivity contribution in [2.24, 2.45) is 0 Å². The van der Waals surface area contributed by atoms with Crippen LogP contribution < -0.4 is 5.25 Å². The highest BCUT2D eigenvalue weighted by Crippen LogP contribution is 2.46. The Balaban J connectivity index is 4.86. The molecule has 116 valence electrons. The first-order chi connectivity index (χ1) is 8.41. The van der Waals surface area contributed by atoms with Gasteiger partial charge < -0.3 is 8.74 Å². The molecule has 0 fully saturated rings. The van der Waals surface area contributed by atoms with E-state index in [1.807, 2.05) is 19.6 Å². The average Bonchev–Trinajstić information content (AvgIpc) is 2.20. The Morgan fingerprint density at radius 3 is 1.79 bits per heavy atom.